The molecular formula is C11H13F3N2O4S. The van der Waals surface area contributed by atoms with Gasteiger partial charge in [0.2, 0.25) is 10.0 Å². The Bertz CT molecular complexity index is 584. The number of hydrogen-bond donors (Lipinski definition) is 2. The molecule has 0 aliphatic heterocycles. The van der Waals surface area contributed by atoms with Crippen LogP contribution in [-0.4, -0.2) is 40.7 Å². The number of carbonyl (C=O) groups is 1. The van der Waals surface area contributed by atoms with Crippen LogP contribution in [0.3, 0.4) is 0 Å². The minimum Gasteiger partial charge on any atom is -0.497 e. The molecule has 0 spiro atoms. The van der Waals surface area contributed by atoms with Gasteiger partial charge in [-0.2, -0.15) is 13.2 Å². The molecule has 6 nitrogen and oxygen atoms in total. The molecule has 0 atom stereocenters. The van der Waals surface area contributed by atoms with Gasteiger partial charge in [0.25, 0.3) is 0 Å². The maximum absolute atomic E-state index is 11.9. The first-order chi connectivity index (χ1) is 9.66. The van der Waals surface area contributed by atoms with Crippen molar-refractivity contribution >= 4 is 15.9 Å². The fraction of sp³-hybridized carbons (Fsp3) is 0.364. The average molecular weight is 326 g/mol. The van der Waals surface area contributed by atoms with Crippen molar-refractivity contribution in [2.45, 2.75) is 11.1 Å². The zero-order chi connectivity index (χ0) is 16.1. The minimum atomic E-state index is -4.99. The van der Waals surface area contributed by atoms with E-state index in [1.807, 2.05) is 0 Å². The summed E-state index contributed by atoms with van der Waals surface area (Å²) < 4.78 is 66.2. The number of rotatable bonds is 6. The fourth-order valence-electron chi connectivity index (χ4n) is 1.30. The molecular weight excluding hydrogens is 313 g/mol. The third-order valence-electron chi connectivity index (χ3n) is 2.33. The summed E-state index contributed by atoms with van der Waals surface area (Å²) in [6.07, 6.45) is -4.99. The Morgan fingerprint density at radius 3 is 2.24 bits per heavy atom. The van der Waals surface area contributed by atoms with Gasteiger partial charge in [-0.1, -0.05) is 0 Å². The van der Waals surface area contributed by atoms with Crippen LogP contribution in [0.15, 0.2) is 29.2 Å². The molecule has 2 N–H and O–H groups in total. The summed E-state index contributed by atoms with van der Waals surface area (Å²) >= 11 is 0. The Labute approximate surface area is 119 Å². The van der Waals surface area contributed by atoms with E-state index in [9.17, 15) is 26.4 Å². The smallest absolute Gasteiger partial charge is 0.471 e. The monoisotopic (exact) mass is 326 g/mol. The maximum Gasteiger partial charge on any atom is 0.471 e. The molecule has 0 saturated carbocycles. The van der Waals surface area contributed by atoms with Gasteiger partial charge in [-0.05, 0) is 24.3 Å². The minimum absolute atomic E-state index is 0.0644. The predicted molar refractivity (Wildman–Crippen MR) is 67.2 cm³/mol. The normalized spacial score (nSPS) is 12.0. The van der Waals surface area contributed by atoms with Crippen LogP contribution in [0.5, 0.6) is 5.75 Å². The van der Waals surface area contributed by atoms with Crippen molar-refractivity contribution in [3.05, 3.63) is 24.3 Å². The van der Waals surface area contributed by atoms with Gasteiger partial charge < -0.3 is 10.1 Å². The second-order valence-electron chi connectivity index (χ2n) is 3.83. The highest BCUT2D eigenvalue weighted by molar-refractivity contribution is 7.89. The van der Waals surface area contributed by atoms with Crippen LogP contribution in [-0.2, 0) is 14.8 Å². The summed E-state index contributed by atoms with van der Waals surface area (Å²) in [5.74, 6) is -1.66. The van der Waals surface area contributed by atoms with E-state index in [0.717, 1.165) is 0 Å². The van der Waals surface area contributed by atoms with Gasteiger partial charge in [0.05, 0.1) is 12.0 Å². The van der Waals surface area contributed by atoms with E-state index in [2.05, 4.69) is 4.72 Å². The van der Waals surface area contributed by atoms with Crippen LogP contribution in [0.4, 0.5) is 13.2 Å². The Hall–Kier alpha value is -1.81. The highest BCUT2D eigenvalue weighted by Gasteiger charge is 2.38. The van der Waals surface area contributed by atoms with E-state index < -0.39 is 28.7 Å². The number of ether oxygens (including phenoxy) is 1. The number of hydrogen-bond acceptors (Lipinski definition) is 4. The van der Waals surface area contributed by atoms with Crippen molar-refractivity contribution in [1.82, 2.24) is 10.0 Å². The summed E-state index contributed by atoms with van der Waals surface area (Å²) in [7, 11) is -2.44. The van der Waals surface area contributed by atoms with E-state index in [4.69, 9.17) is 4.74 Å². The molecule has 0 radical (unpaired) electrons. The van der Waals surface area contributed by atoms with Crippen molar-refractivity contribution in [1.29, 1.82) is 0 Å². The Morgan fingerprint density at radius 2 is 1.76 bits per heavy atom. The number of amides is 1. The molecule has 1 amide bonds. The second kappa shape index (κ2) is 6.76. The lowest BCUT2D eigenvalue weighted by Gasteiger charge is -2.09. The summed E-state index contributed by atoms with van der Waals surface area (Å²) in [5.41, 5.74) is 0. The van der Waals surface area contributed by atoms with E-state index >= 15 is 0 Å². The molecule has 1 aromatic carbocycles. The standard InChI is InChI=1S/C11H13F3N2O4S/c1-20-8-2-4-9(5-3-8)21(18,19)16-7-6-15-10(17)11(12,13)14/h2-5,16H,6-7H2,1H3,(H,15,17). The number of methoxy groups -OCH3 is 1. The summed E-state index contributed by atoms with van der Waals surface area (Å²) in [6, 6.07) is 5.44. The number of benzene rings is 1. The van der Waals surface area contributed by atoms with E-state index in [-0.39, 0.29) is 11.4 Å². The predicted octanol–water partition coefficient (Wildman–Crippen LogP) is 0.652. The van der Waals surface area contributed by atoms with Crippen LogP contribution in [0.2, 0.25) is 0 Å². The number of halogens is 3. The van der Waals surface area contributed by atoms with Crippen LogP contribution in [0, 0.1) is 0 Å². The summed E-state index contributed by atoms with van der Waals surface area (Å²) in [5, 5.41) is 1.55. The zero-order valence-electron chi connectivity index (χ0n) is 10.9. The van der Waals surface area contributed by atoms with Crippen molar-refractivity contribution < 1.29 is 31.1 Å². The van der Waals surface area contributed by atoms with Gasteiger partial charge >= 0.3 is 12.1 Å². The van der Waals surface area contributed by atoms with Crippen LogP contribution in [0.1, 0.15) is 0 Å². The van der Waals surface area contributed by atoms with Gasteiger partial charge in [-0.25, -0.2) is 13.1 Å². The number of sulfonamides is 1. The molecule has 1 rings (SSSR count). The quantitative estimate of drug-likeness (QED) is 0.752. The topological polar surface area (TPSA) is 84.5 Å². The van der Waals surface area contributed by atoms with Crippen LogP contribution in [0.25, 0.3) is 0 Å². The van der Waals surface area contributed by atoms with Gasteiger partial charge in [0.1, 0.15) is 5.75 Å². The molecule has 0 unspecified atom stereocenters. The number of alkyl halides is 3. The first-order valence-electron chi connectivity index (χ1n) is 5.65. The molecule has 118 valence electrons. The molecule has 21 heavy (non-hydrogen) atoms. The van der Waals surface area contributed by atoms with Gasteiger partial charge in [-0.15, -0.1) is 0 Å². The number of carbonyl (C=O) groups excluding carboxylic acids is 1. The molecule has 0 saturated heterocycles. The SMILES string of the molecule is COc1ccc(S(=O)(=O)NCCNC(=O)C(F)(F)F)cc1. The average Bonchev–Trinajstić information content (AvgIpc) is 2.42. The van der Waals surface area contributed by atoms with E-state index in [1.165, 1.54) is 31.4 Å². The largest absolute Gasteiger partial charge is 0.497 e. The lowest BCUT2D eigenvalue weighted by Crippen LogP contribution is -2.41. The third-order valence-corrected chi connectivity index (χ3v) is 3.81. The van der Waals surface area contributed by atoms with Crippen molar-refractivity contribution in [3.63, 3.8) is 0 Å². The lowest BCUT2D eigenvalue weighted by atomic mass is 10.3. The summed E-state index contributed by atoms with van der Waals surface area (Å²) in [4.78, 5) is 10.4. The molecule has 0 fully saturated rings. The van der Waals surface area contributed by atoms with Crippen LogP contribution >= 0.6 is 0 Å². The second-order valence-corrected chi connectivity index (χ2v) is 5.59. The van der Waals surface area contributed by atoms with Crippen molar-refractivity contribution in [2.75, 3.05) is 20.2 Å². The van der Waals surface area contributed by atoms with Gasteiger partial charge in [0, 0.05) is 13.1 Å². The van der Waals surface area contributed by atoms with Gasteiger partial charge in [-0.3, -0.25) is 4.79 Å². The molecule has 0 aromatic heterocycles. The Kier molecular flexibility index (Phi) is 5.55. The molecule has 0 heterocycles. The van der Waals surface area contributed by atoms with Crippen molar-refractivity contribution in [3.8, 4) is 5.75 Å². The highest BCUT2D eigenvalue weighted by Crippen LogP contribution is 2.15. The number of nitrogens with one attached hydrogen (secondary N) is 2. The zero-order valence-corrected chi connectivity index (χ0v) is 11.7. The molecule has 0 aliphatic rings. The summed E-state index contributed by atoms with van der Waals surface area (Å²) in [6.45, 7) is -0.843. The Morgan fingerprint density at radius 1 is 1.19 bits per heavy atom. The maximum atomic E-state index is 11.9. The van der Waals surface area contributed by atoms with E-state index in [0.29, 0.717) is 5.75 Å². The van der Waals surface area contributed by atoms with E-state index in [1.54, 1.807) is 5.32 Å². The highest BCUT2D eigenvalue weighted by atomic mass is 32.2. The fourth-order valence-corrected chi connectivity index (χ4v) is 2.33. The van der Waals surface area contributed by atoms with Gasteiger partial charge in [0.15, 0.2) is 0 Å². The van der Waals surface area contributed by atoms with Crippen LogP contribution < -0.4 is 14.8 Å². The molecule has 0 aliphatic carbocycles. The third kappa shape index (κ3) is 5.23. The van der Waals surface area contributed by atoms with Crippen molar-refractivity contribution in [2.24, 2.45) is 0 Å². The molecule has 10 heteroatoms. The molecule has 0 bridgehead atoms. The Balaban J connectivity index is 2.52. The molecule has 1 aromatic rings. The first-order valence-corrected chi connectivity index (χ1v) is 7.14. The first kappa shape index (κ1) is 17.2. The lowest BCUT2D eigenvalue weighted by molar-refractivity contribution is -0.173.